The van der Waals surface area contributed by atoms with Crippen molar-refractivity contribution in [1.29, 1.82) is 0 Å². The number of primary amides is 1. The molecule has 0 unspecified atom stereocenters. The predicted octanol–water partition coefficient (Wildman–Crippen LogP) is 3.70. The molecule has 0 radical (unpaired) electrons. The average Bonchev–Trinajstić information content (AvgIpc) is 2.56. The highest BCUT2D eigenvalue weighted by atomic mass is 16.2. The van der Waals surface area contributed by atoms with E-state index in [1.54, 1.807) is 6.92 Å². The van der Waals surface area contributed by atoms with Crippen LogP contribution in [0.15, 0.2) is 12.2 Å². The lowest BCUT2D eigenvalue weighted by atomic mass is 10.1. The fourth-order valence-corrected chi connectivity index (χ4v) is 1.61. The summed E-state index contributed by atoms with van der Waals surface area (Å²) in [6, 6.07) is 0. The maximum Gasteiger partial charge on any atom is 0.216 e. The number of aliphatic hydroxyl groups excluding tert-OH is 1. The number of aliphatic hydroxyl groups is 1. The van der Waals surface area contributed by atoms with Gasteiger partial charge in [0.05, 0.1) is 0 Å². The van der Waals surface area contributed by atoms with Gasteiger partial charge in [0.1, 0.15) is 0 Å². The van der Waals surface area contributed by atoms with E-state index in [0.29, 0.717) is 6.61 Å². The SMILES string of the molecule is CC(=O)NCCCC/C=C\CCCCCCO.CCCC.NC=O. The highest BCUT2D eigenvalue weighted by molar-refractivity contribution is 5.72. The van der Waals surface area contributed by atoms with Gasteiger partial charge < -0.3 is 16.2 Å². The fraction of sp³-hybridized carbons (Fsp3) is 0.789. The van der Waals surface area contributed by atoms with Gasteiger partial charge in [-0.05, 0) is 38.5 Å². The third kappa shape index (κ3) is 42.8. The van der Waals surface area contributed by atoms with Crippen molar-refractivity contribution in [1.82, 2.24) is 5.32 Å². The average molecular weight is 345 g/mol. The minimum atomic E-state index is 0.0587. The minimum Gasteiger partial charge on any atom is -0.396 e. The maximum atomic E-state index is 10.6. The molecule has 2 amide bonds. The van der Waals surface area contributed by atoms with Crippen molar-refractivity contribution in [2.45, 2.75) is 85.0 Å². The number of allylic oxidation sites excluding steroid dienone is 2. The maximum absolute atomic E-state index is 10.6. The molecule has 0 rings (SSSR count). The number of nitrogens with two attached hydrogens (primary N) is 1. The highest BCUT2D eigenvalue weighted by Gasteiger charge is 1.90. The summed E-state index contributed by atoms with van der Waals surface area (Å²) in [4.78, 5) is 19.2. The van der Waals surface area contributed by atoms with E-state index < -0.39 is 0 Å². The zero-order chi connectivity index (χ0) is 18.9. The fourth-order valence-electron chi connectivity index (χ4n) is 1.61. The lowest BCUT2D eigenvalue weighted by Gasteiger charge is -1.99. The normalized spacial score (nSPS) is 9.50. The Balaban J connectivity index is -0.000000531. The van der Waals surface area contributed by atoms with Crippen LogP contribution in [0.5, 0.6) is 0 Å². The third-order valence-corrected chi connectivity index (χ3v) is 3.12. The lowest BCUT2D eigenvalue weighted by molar-refractivity contribution is -0.119. The Morgan fingerprint density at radius 1 is 0.958 bits per heavy atom. The Hall–Kier alpha value is -1.36. The van der Waals surface area contributed by atoms with Gasteiger partial charge in [-0.25, -0.2) is 0 Å². The first-order chi connectivity index (χ1) is 11.6. The Kier molecular flexibility index (Phi) is 33.9. The van der Waals surface area contributed by atoms with Gasteiger partial charge in [-0.15, -0.1) is 0 Å². The molecule has 0 bridgehead atoms. The van der Waals surface area contributed by atoms with E-state index in [1.807, 2.05) is 0 Å². The number of carbonyl (C=O) groups is 2. The second-order valence-electron chi connectivity index (χ2n) is 5.51. The van der Waals surface area contributed by atoms with E-state index >= 15 is 0 Å². The molecule has 5 heteroatoms. The van der Waals surface area contributed by atoms with Crippen LogP contribution in [0, 0.1) is 0 Å². The van der Waals surface area contributed by atoms with Gasteiger partial charge in [-0.1, -0.05) is 51.7 Å². The summed E-state index contributed by atoms with van der Waals surface area (Å²) in [5.41, 5.74) is 4.17. The number of hydrogen-bond donors (Lipinski definition) is 3. The predicted molar refractivity (Wildman–Crippen MR) is 103 cm³/mol. The van der Waals surface area contributed by atoms with Crippen LogP contribution in [-0.2, 0) is 9.59 Å². The molecule has 0 aliphatic heterocycles. The van der Waals surface area contributed by atoms with Crippen molar-refractivity contribution < 1.29 is 14.7 Å². The minimum absolute atomic E-state index is 0.0587. The molecule has 0 aromatic heterocycles. The van der Waals surface area contributed by atoms with Gasteiger partial charge in [0.2, 0.25) is 12.3 Å². The van der Waals surface area contributed by atoms with Crippen LogP contribution in [0.3, 0.4) is 0 Å². The molecule has 144 valence electrons. The van der Waals surface area contributed by atoms with Crippen LogP contribution in [0.25, 0.3) is 0 Å². The molecule has 4 N–H and O–H groups in total. The Bertz CT molecular complexity index is 267. The summed E-state index contributed by atoms with van der Waals surface area (Å²) in [6.07, 6.45) is 16.3. The zero-order valence-electron chi connectivity index (χ0n) is 16.1. The summed E-state index contributed by atoms with van der Waals surface area (Å²) < 4.78 is 0. The first-order valence-corrected chi connectivity index (χ1v) is 9.26. The molecule has 0 aliphatic rings. The zero-order valence-corrected chi connectivity index (χ0v) is 16.1. The number of unbranched alkanes of at least 4 members (excludes halogenated alkanes) is 7. The molecule has 0 aliphatic carbocycles. The van der Waals surface area contributed by atoms with E-state index in [-0.39, 0.29) is 12.3 Å². The summed E-state index contributed by atoms with van der Waals surface area (Å²) in [7, 11) is 0. The van der Waals surface area contributed by atoms with Crippen molar-refractivity contribution in [3.8, 4) is 0 Å². The summed E-state index contributed by atoms with van der Waals surface area (Å²) in [6.45, 7) is 7.03. The van der Waals surface area contributed by atoms with Crippen molar-refractivity contribution >= 4 is 12.3 Å². The molecule has 0 spiro atoms. The molecule has 0 saturated heterocycles. The number of rotatable bonds is 12. The van der Waals surface area contributed by atoms with Crippen molar-refractivity contribution in [3.63, 3.8) is 0 Å². The molecule has 0 atom stereocenters. The lowest BCUT2D eigenvalue weighted by Crippen LogP contribution is -2.20. The van der Waals surface area contributed by atoms with Gasteiger partial charge in [0.15, 0.2) is 0 Å². The third-order valence-electron chi connectivity index (χ3n) is 3.12. The monoisotopic (exact) mass is 344 g/mol. The van der Waals surface area contributed by atoms with E-state index in [1.165, 1.54) is 25.7 Å². The van der Waals surface area contributed by atoms with Gasteiger partial charge in [0, 0.05) is 20.1 Å². The largest absolute Gasteiger partial charge is 0.396 e. The molecule has 0 aromatic rings. The molecular formula is C19H40N2O3. The number of amides is 2. The van der Waals surface area contributed by atoms with Crippen LogP contribution < -0.4 is 11.1 Å². The summed E-state index contributed by atoms with van der Waals surface area (Å²) in [5, 5.41) is 11.4. The van der Waals surface area contributed by atoms with Crippen LogP contribution >= 0.6 is 0 Å². The van der Waals surface area contributed by atoms with Crippen molar-refractivity contribution in [2.75, 3.05) is 13.2 Å². The smallest absolute Gasteiger partial charge is 0.216 e. The van der Waals surface area contributed by atoms with Gasteiger partial charge in [-0.2, -0.15) is 0 Å². The molecule has 0 fully saturated rings. The molecule has 0 aromatic carbocycles. The number of nitrogens with one attached hydrogen (secondary N) is 1. The highest BCUT2D eigenvalue weighted by Crippen LogP contribution is 2.04. The van der Waals surface area contributed by atoms with Crippen molar-refractivity contribution in [3.05, 3.63) is 12.2 Å². The Morgan fingerprint density at radius 2 is 1.42 bits per heavy atom. The second-order valence-corrected chi connectivity index (χ2v) is 5.51. The number of carbonyl (C=O) groups excluding carboxylic acids is 2. The first kappa shape index (κ1) is 27.5. The summed E-state index contributed by atoms with van der Waals surface area (Å²) in [5.74, 6) is 0.0587. The molecule has 0 saturated carbocycles. The molecule has 24 heavy (non-hydrogen) atoms. The Morgan fingerprint density at radius 3 is 1.83 bits per heavy atom. The van der Waals surface area contributed by atoms with E-state index in [0.717, 1.165) is 45.1 Å². The Labute approximate surface area is 149 Å². The topological polar surface area (TPSA) is 92.4 Å². The van der Waals surface area contributed by atoms with E-state index in [9.17, 15) is 4.79 Å². The number of hydrogen-bond acceptors (Lipinski definition) is 3. The van der Waals surface area contributed by atoms with Crippen molar-refractivity contribution in [2.24, 2.45) is 5.73 Å². The molecule has 0 heterocycles. The van der Waals surface area contributed by atoms with Crippen LogP contribution in [0.4, 0.5) is 0 Å². The quantitative estimate of drug-likeness (QED) is 0.286. The van der Waals surface area contributed by atoms with Crippen LogP contribution in [0.1, 0.15) is 85.0 Å². The van der Waals surface area contributed by atoms with E-state index in [2.05, 4.69) is 37.0 Å². The summed E-state index contributed by atoms with van der Waals surface area (Å²) >= 11 is 0. The van der Waals surface area contributed by atoms with Gasteiger partial charge >= 0.3 is 0 Å². The molecule has 5 nitrogen and oxygen atoms in total. The van der Waals surface area contributed by atoms with Crippen LogP contribution in [0.2, 0.25) is 0 Å². The van der Waals surface area contributed by atoms with Gasteiger partial charge in [0.25, 0.3) is 0 Å². The molecular weight excluding hydrogens is 304 g/mol. The standard InChI is InChI=1S/C14H27NO2.C4H10.CH3NO/c1-14(17)15-12-10-8-6-4-2-3-5-7-9-11-13-16;1-3-4-2;2-1-3/h2,4,16H,3,5-13H2,1H3,(H,15,17);3-4H2,1-2H3;1H,(H2,2,3)/b4-2-;;. The first-order valence-electron chi connectivity index (χ1n) is 9.26. The van der Waals surface area contributed by atoms with E-state index in [4.69, 9.17) is 9.90 Å². The second kappa shape index (κ2) is 29.6. The van der Waals surface area contributed by atoms with Crippen LogP contribution in [-0.4, -0.2) is 30.6 Å². The van der Waals surface area contributed by atoms with Gasteiger partial charge in [-0.3, -0.25) is 9.59 Å².